The maximum atomic E-state index is 11.9. The number of aromatic nitrogens is 2. The zero-order valence-electron chi connectivity index (χ0n) is 21.3. The van der Waals surface area contributed by atoms with Crippen molar-refractivity contribution in [3.63, 3.8) is 0 Å². The average molecular weight is 510 g/mol. The molecule has 198 valence electrons. The molecule has 2 aromatic carbocycles. The Morgan fingerprint density at radius 3 is 2.03 bits per heavy atom. The lowest BCUT2D eigenvalue weighted by Gasteiger charge is -2.14. The fourth-order valence-electron chi connectivity index (χ4n) is 3.21. The van der Waals surface area contributed by atoms with Gasteiger partial charge < -0.3 is 21.5 Å². The third-order valence-electron chi connectivity index (χ3n) is 4.85. The normalized spacial score (nSPS) is 11.3. The molecule has 2 atom stereocenters. The van der Waals surface area contributed by atoms with Gasteiger partial charge in [-0.2, -0.15) is 4.98 Å². The zero-order valence-corrected chi connectivity index (χ0v) is 21.3. The number of anilines is 1. The van der Waals surface area contributed by atoms with Crippen LogP contribution >= 0.6 is 0 Å². The monoisotopic (exact) mass is 509 g/mol. The van der Waals surface area contributed by atoms with Crippen molar-refractivity contribution in [1.82, 2.24) is 20.2 Å². The fourth-order valence-corrected chi connectivity index (χ4v) is 3.21. The number of carboxylic acid groups (broad SMARTS) is 1. The first-order valence-electron chi connectivity index (χ1n) is 11.9. The number of nitrogens with one attached hydrogen (secondary N) is 2. The van der Waals surface area contributed by atoms with Crippen LogP contribution in [0.3, 0.4) is 0 Å². The minimum absolute atomic E-state index is 0.0163. The predicted octanol–water partition coefficient (Wildman–Crippen LogP) is 2.03. The Hall–Kier alpha value is -4.47. The van der Waals surface area contributed by atoms with E-state index in [4.69, 9.17) is 10.8 Å². The summed E-state index contributed by atoms with van der Waals surface area (Å²) in [7, 11) is 0. The SMILES string of the molecule is CC.CC(Cc1ccccc1)NC(=O)Cn1ccc(N)nc1=O.O=CNC(Cc1ccccc1)C(=O)O. The Balaban J connectivity index is 0.000000372. The number of aliphatic carboxylic acids is 1. The van der Waals surface area contributed by atoms with Crippen LogP contribution < -0.4 is 22.1 Å². The average Bonchev–Trinajstić information content (AvgIpc) is 2.88. The van der Waals surface area contributed by atoms with Crippen molar-refractivity contribution < 1.29 is 19.5 Å². The Kier molecular flexibility index (Phi) is 14.1. The zero-order chi connectivity index (χ0) is 27.6. The second-order valence-corrected chi connectivity index (χ2v) is 7.79. The van der Waals surface area contributed by atoms with E-state index in [1.807, 2.05) is 81.4 Å². The number of benzene rings is 2. The maximum absolute atomic E-state index is 11.9. The number of nitrogen functional groups attached to an aromatic ring is 1. The van der Waals surface area contributed by atoms with Crippen LogP contribution in [0.15, 0.2) is 77.7 Å². The number of nitrogens with zero attached hydrogens (tertiary/aromatic N) is 2. The van der Waals surface area contributed by atoms with Gasteiger partial charge in [-0.3, -0.25) is 14.2 Å². The lowest BCUT2D eigenvalue weighted by atomic mass is 10.1. The lowest BCUT2D eigenvalue weighted by Crippen LogP contribution is -2.38. The highest BCUT2D eigenvalue weighted by molar-refractivity contribution is 5.76. The molecule has 0 saturated heterocycles. The maximum Gasteiger partial charge on any atom is 0.349 e. The van der Waals surface area contributed by atoms with Crippen molar-refractivity contribution in [2.75, 3.05) is 5.73 Å². The van der Waals surface area contributed by atoms with Crippen LogP contribution in [0.2, 0.25) is 0 Å². The molecule has 2 amide bonds. The third-order valence-corrected chi connectivity index (χ3v) is 4.85. The van der Waals surface area contributed by atoms with Crippen molar-refractivity contribution >= 4 is 24.1 Å². The highest BCUT2D eigenvalue weighted by atomic mass is 16.4. The van der Waals surface area contributed by atoms with Gasteiger partial charge in [0, 0.05) is 18.7 Å². The summed E-state index contributed by atoms with van der Waals surface area (Å²) < 4.78 is 1.22. The number of amides is 2. The van der Waals surface area contributed by atoms with E-state index < -0.39 is 17.7 Å². The Morgan fingerprint density at radius 2 is 1.54 bits per heavy atom. The lowest BCUT2D eigenvalue weighted by molar-refractivity contribution is -0.140. The van der Waals surface area contributed by atoms with Gasteiger partial charge in [-0.15, -0.1) is 0 Å². The number of hydrogen-bond donors (Lipinski definition) is 4. The van der Waals surface area contributed by atoms with Gasteiger partial charge in [0.2, 0.25) is 12.3 Å². The summed E-state index contributed by atoms with van der Waals surface area (Å²) in [5.41, 5.74) is 6.91. The highest BCUT2D eigenvalue weighted by Gasteiger charge is 2.16. The molecular formula is C27H35N5O5. The van der Waals surface area contributed by atoms with E-state index in [-0.39, 0.29) is 24.3 Å². The molecule has 0 saturated carbocycles. The molecule has 0 aliphatic heterocycles. The molecule has 0 aliphatic rings. The van der Waals surface area contributed by atoms with Crippen LogP contribution in [-0.2, 0) is 33.8 Å². The summed E-state index contributed by atoms with van der Waals surface area (Å²) >= 11 is 0. The number of rotatable bonds is 10. The van der Waals surface area contributed by atoms with Crippen molar-refractivity contribution in [1.29, 1.82) is 0 Å². The minimum Gasteiger partial charge on any atom is -0.480 e. The summed E-state index contributed by atoms with van der Waals surface area (Å²) in [6, 6.07) is 19.7. The smallest absolute Gasteiger partial charge is 0.349 e. The molecule has 3 aromatic rings. The molecule has 0 radical (unpaired) electrons. The molecule has 1 aromatic heterocycles. The van der Waals surface area contributed by atoms with Crippen LogP contribution in [0, 0.1) is 0 Å². The molecule has 5 N–H and O–H groups in total. The number of carboxylic acids is 1. The van der Waals surface area contributed by atoms with E-state index in [0.29, 0.717) is 12.8 Å². The summed E-state index contributed by atoms with van der Waals surface area (Å²) in [5.74, 6) is -1.11. The second-order valence-electron chi connectivity index (χ2n) is 7.79. The molecule has 0 fully saturated rings. The molecule has 10 nitrogen and oxygen atoms in total. The Bertz CT molecular complexity index is 1150. The van der Waals surface area contributed by atoms with Crippen LogP contribution in [-0.4, -0.2) is 45.0 Å². The van der Waals surface area contributed by atoms with E-state index >= 15 is 0 Å². The number of nitrogens with two attached hydrogens (primary N) is 1. The summed E-state index contributed by atoms with van der Waals surface area (Å²) in [4.78, 5) is 47.9. The number of carbonyl (C=O) groups is 3. The van der Waals surface area contributed by atoms with Gasteiger partial charge in [-0.05, 0) is 30.5 Å². The van der Waals surface area contributed by atoms with Gasteiger partial charge in [0.1, 0.15) is 18.4 Å². The van der Waals surface area contributed by atoms with Crippen molar-refractivity contribution in [2.45, 2.75) is 52.2 Å². The Labute approximate surface area is 216 Å². The molecule has 0 bridgehead atoms. The largest absolute Gasteiger partial charge is 0.480 e. The fraction of sp³-hybridized carbons (Fsp3) is 0.296. The molecule has 2 unspecified atom stereocenters. The van der Waals surface area contributed by atoms with E-state index in [9.17, 15) is 19.2 Å². The second kappa shape index (κ2) is 17.0. The predicted molar refractivity (Wildman–Crippen MR) is 143 cm³/mol. The van der Waals surface area contributed by atoms with Crippen LogP contribution in [0.25, 0.3) is 0 Å². The number of carbonyl (C=O) groups excluding carboxylic acids is 2. The molecule has 10 heteroatoms. The summed E-state index contributed by atoms with van der Waals surface area (Å²) in [6.07, 6.45) is 2.91. The van der Waals surface area contributed by atoms with Crippen LogP contribution in [0.5, 0.6) is 0 Å². The summed E-state index contributed by atoms with van der Waals surface area (Å²) in [5, 5.41) is 13.9. The van der Waals surface area contributed by atoms with Gasteiger partial charge in [-0.1, -0.05) is 74.5 Å². The van der Waals surface area contributed by atoms with Crippen LogP contribution in [0.4, 0.5) is 5.82 Å². The third kappa shape index (κ3) is 12.2. The van der Waals surface area contributed by atoms with E-state index in [0.717, 1.165) is 17.5 Å². The first-order chi connectivity index (χ1) is 17.8. The van der Waals surface area contributed by atoms with Crippen molar-refractivity contribution in [2.24, 2.45) is 0 Å². The first-order valence-corrected chi connectivity index (χ1v) is 11.9. The highest BCUT2D eigenvalue weighted by Crippen LogP contribution is 2.03. The standard InChI is InChI=1S/C15H18N4O2.C10H11NO3.C2H6/c1-11(9-12-5-3-2-4-6-12)17-14(20)10-19-8-7-13(16)18-15(19)21;12-7-11-9(10(13)14)6-8-4-2-1-3-5-8;1-2/h2-8,11H,9-10H2,1H3,(H,17,20)(H2,16,18,21);1-5,7,9H,6H2,(H,11,12)(H,13,14);1-2H3. The van der Waals surface area contributed by atoms with Crippen molar-refractivity contribution in [3.8, 4) is 0 Å². The van der Waals surface area contributed by atoms with Gasteiger partial charge in [-0.25, -0.2) is 9.59 Å². The molecular weight excluding hydrogens is 474 g/mol. The topological polar surface area (TPSA) is 156 Å². The van der Waals surface area contributed by atoms with Gasteiger partial charge in [0.15, 0.2) is 0 Å². The van der Waals surface area contributed by atoms with E-state index in [1.165, 1.54) is 16.8 Å². The molecule has 1 heterocycles. The van der Waals surface area contributed by atoms with Crippen LogP contribution in [0.1, 0.15) is 31.9 Å². The van der Waals surface area contributed by atoms with E-state index in [2.05, 4.69) is 15.6 Å². The first kappa shape index (κ1) is 30.6. The van der Waals surface area contributed by atoms with Gasteiger partial charge in [0.05, 0.1) is 0 Å². The summed E-state index contributed by atoms with van der Waals surface area (Å²) in [6.45, 7) is 5.86. The number of hydrogen-bond acceptors (Lipinski definition) is 6. The molecule has 0 spiro atoms. The Morgan fingerprint density at radius 1 is 1.00 bits per heavy atom. The van der Waals surface area contributed by atoms with Crippen molar-refractivity contribution in [3.05, 3.63) is 94.5 Å². The van der Waals surface area contributed by atoms with E-state index in [1.54, 1.807) is 0 Å². The quantitative estimate of drug-likeness (QED) is 0.305. The van der Waals surface area contributed by atoms with Gasteiger partial charge in [0.25, 0.3) is 0 Å². The molecule has 3 rings (SSSR count). The molecule has 37 heavy (non-hydrogen) atoms. The minimum atomic E-state index is -1.03. The van der Waals surface area contributed by atoms with Gasteiger partial charge >= 0.3 is 11.7 Å². The molecule has 0 aliphatic carbocycles.